The maximum Gasteiger partial charge on any atom is 0.274 e. The van der Waals surface area contributed by atoms with Gasteiger partial charge in [0.1, 0.15) is 0 Å². The molecule has 1 fully saturated rings. The first-order valence-electron chi connectivity index (χ1n) is 11.2. The number of nitrogens with zero attached hydrogens (tertiary/aromatic N) is 4. The van der Waals surface area contributed by atoms with Crippen molar-refractivity contribution in [1.29, 1.82) is 0 Å². The summed E-state index contributed by atoms with van der Waals surface area (Å²) >= 11 is 3.42. The van der Waals surface area contributed by atoms with Gasteiger partial charge in [-0.25, -0.2) is 4.68 Å². The number of nitrogens with one attached hydrogen (secondary N) is 1. The summed E-state index contributed by atoms with van der Waals surface area (Å²) in [4.78, 5) is 44.3. The van der Waals surface area contributed by atoms with Crippen LogP contribution in [0.2, 0.25) is 0 Å². The summed E-state index contributed by atoms with van der Waals surface area (Å²) in [7, 11) is 0. The maximum atomic E-state index is 13.0. The van der Waals surface area contributed by atoms with Gasteiger partial charge in [0.15, 0.2) is 0 Å². The minimum absolute atomic E-state index is 0.0863. The van der Waals surface area contributed by atoms with Crippen molar-refractivity contribution < 1.29 is 9.59 Å². The number of amides is 2. The lowest BCUT2D eigenvalue weighted by molar-refractivity contribution is -0.126. The molecule has 0 bridgehead atoms. The molecule has 2 aromatic carbocycles. The van der Waals surface area contributed by atoms with E-state index in [9.17, 15) is 14.4 Å². The number of halogens is 1. The quantitative estimate of drug-likeness (QED) is 0.411. The summed E-state index contributed by atoms with van der Waals surface area (Å²) in [6, 6.07) is 18.4. The Hall–Kier alpha value is -3.85. The van der Waals surface area contributed by atoms with Crippen molar-refractivity contribution in [3.8, 4) is 0 Å². The minimum Gasteiger partial charge on any atom is -0.350 e. The van der Waals surface area contributed by atoms with E-state index >= 15 is 0 Å². The Bertz CT molecular complexity index is 1470. The van der Waals surface area contributed by atoms with Gasteiger partial charge in [-0.2, -0.15) is 5.10 Å². The van der Waals surface area contributed by atoms with E-state index in [1.807, 2.05) is 48.5 Å². The molecule has 35 heavy (non-hydrogen) atoms. The van der Waals surface area contributed by atoms with Gasteiger partial charge in [0.25, 0.3) is 5.56 Å². The highest BCUT2D eigenvalue weighted by atomic mass is 79.9. The van der Waals surface area contributed by atoms with Crippen LogP contribution in [0.5, 0.6) is 0 Å². The van der Waals surface area contributed by atoms with Gasteiger partial charge in [0.05, 0.1) is 30.1 Å². The molecule has 1 aliphatic heterocycles. The number of hydrogen-bond donors (Lipinski definition) is 1. The van der Waals surface area contributed by atoms with E-state index in [4.69, 9.17) is 0 Å². The summed E-state index contributed by atoms with van der Waals surface area (Å²) in [5.41, 5.74) is 2.00. The number of benzene rings is 2. The van der Waals surface area contributed by atoms with Gasteiger partial charge in [0, 0.05) is 40.9 Å². The van der Waals surface area contributed by atoms with Crippen molar-refractivity contribution in [1.82, 2.24) is 20.1 Å². The van der Waals surface area contributed by atoms with Crippen molar-refractivity contribution in [2.45, 2.75) is 19.5 Å². The second-order valence-electron chi connectivity index (χ2n) is 8.42. The molecule has 8 nitrogen and oxygen atoms in total. The zero-order chi connectivity index (χ0) is 24.4. The van der Waals surface area contributed by atoms with Crippen molar-refractivity contribution in [2.24, 2.45) is 5.92 Å². The normalized spacial score (nSPS) is 15.5. The minimum atomic E-state index is -0.464. The molecule has 9 heteroatoms. The molecule has 1 unspecified atom stereocenters. The first-order valence-corrected chi connectivity index (χ1v) is 12.0. The average Bonchev–Trinajstić information content (AvgIpc) is 3.27. The predicted molar refractivity (Wildman–Crippen MR) is 136 cm³/mol. The second-order valence-corrected chi connectivity index (χ2v) is 9.34. The highest BCUT2D eigenvalue weighted by Gasteiger charge is 2.35. The fourth-order valence-electron chi connectivity index (χ4n) is 4.30. The summed E-state index contributed by atoms with van der Waals surface area (Å²) in [6.45, 7) is 0.737. The lowest BCUT2D eigenvalue weighted by Gasteiger charge is -2.17. The molecule has 1 aliphatic rings. The topological polar surface area (TPSA) is 97.2 Å². The zero-order valence-electron chi connectivity index (χ0n) is 18.7. The van der Waals surface area contributed by atoms with E-state index in [1.54, 1.807) is 29.4 Å². The molecule has 0 radical (unpaired) electrons. The van der Waals surface area contributed by atoms with E-state index in [1.165, 1.54) is 4.68 Å². The number of hydrogen-bond acceptors (Lipinski definition) is 5. The van der Waals surface area contributed by atoms with Crippen LogP contribution in [0.4, 0.5) is 5.69 Å². The number of fused-ring (bicyclic) bond motifs is 1. The van der Waals surface area contributed by atoms with Crippen LogP contribution in [-0.2, 0) is 22.7 Å². The SMILES string of the molecule is O=C(NCc1nn(Cc2cccnc2)c(=O)c2ccccc12)C1CC(=O)N(c2cccc(Br)c2)C1. The van der Waals surface area contributed by atoms with Crippen LogP contribution in [0.1, 0.15) is 17.7 Å². The molecule has 2 aromatic heterocycles. The Balaban J connectivity index is 1.35. The fraction of sp³-hybridized carbons (Fsp3) is 0.192. The molecule has 4 aromatic rings. The monoisotopic (exact) mass is 531 g/mol. The van der Waals surface area contributed by atoms with Crippen LogP contribution in [0.3, 0.4) is 0 Å². The van der Waals surface area contributed by atoms with E-state index in [2.05, 4.69) is 31.3 Å². The molecule has 0 aliphatic carbocycles. The Morgan fingerprint density at radius 1 is 1.06 bits per heavy atom. The van der Waals surface area contributed by atoms with Crippen LogP contribution < -0.4 is 15.8 Å². The number of aromatic nitrogens is 3. The molecule has 176 valence electrons. The highest BCUT2D eigenvalue weighted by molar-refractivity contribution is 9.10. The Morgan fingerprint density at radius 3 is 2.66 bits per heavy atom. The summed E-state index contributed by atoms with van der Waals surface area (Å²) in [6.07, 6.45) is 3.51. The predicted octanol–water partition coefficient (Wildman–Crippen LogP) is 3.27. The number of carbonyl (C=O) groups excluding carboxylic acids is 2. The van der Waals surface area contributed by atoms with Crippen LogP contribution in [0, 0.1) is 5.92 Å². The number of anilines is 1. The third-order valence-electron chi connectivity index (χ3n) is 6.05. The Morgan fingerprint density at radius 2 is 1.89 bits per heavy atom. The lowest BCUT2D eigenvalue weighted by atomic mass is 10.1. The fourth-order valence-corrected chi connectivity index (χ4v) is 4.69. The molecule has 5 rings (SSSR count). The Kier molecular flexibility index (Phi) is 6.41. The van der Waals surface area contributed by atoms with Crippen molar-refractivity contribution >= 4 is 44.2 Å². The second kappa shape index (κ2) is 9.79. The number of carbonyl (C=O) groups is 2. The average molecular weight is 532 g/mol. The van der Waals surface area contributed by atoms with Gasteiger partial charge >= 0.3 is 0 Å². The third kappa shape index (κ3) is 4.85. The zero-order valence-corrected chi connectivity index (χ0v) is 20.3. The van der Waals surface area contributed by atoms with Crippen LogP contribution in [0.15, 0.2) is 82.3 Å². The van der Waals surface area contributed by atoms with Crippen LogP contribution in [0.25, 0.3) is 10.8 Å². The molecular formula is C26H22BrN5O3. The molecule has 3 heterocycles. The summed E-state index contributed by atoms with van der Waals surface area (Å²) in [5, 5.41) is 8.72. The number of rotatable bonds is 6. The van der Waals surface area contributed by atoms with Crippen molar-refractivity contribution in [3.63, 3.8) is 0 Å². The van der Waals surface area contributed by atoms with E-state index in [0.717, 1.165) is 15.7 Å². The van der Waals surface area contributed by atoms with Crippen LogP contribution >= 0.6 is 15.9 Å². The van der Waals surface area contributed by atoms with E-state index in [-0.39, 0.29) is 36.9 Å². The van der Waals surface area contributed by atoms with E-state index < -0.39 is 5.92 Å². The molecule has 1 N–H and O–H groups in total. The molecule has 0 saturated carbocycles. The standard InChI is InChI=1S/C26H22BrN5O3/c27-19-6-3-7-20(12-19)31-16-18(11-24(31)33)25(34)29-14-23-21-8-1-2-9-22(21)26(35)32(30-23)15-17-5-4-10-28-13-17/h1-10,12-13,18H,11,14-16H2,(H,29,34). The third-order valence-corrected chi connectivity index (χ3v) is 6.54. The van der Waals surface area contributed by atoms with Gasteiger partial charge < -0.3 is 10.2 Å². The van der Waals surface area contributed by atoms with Gasteiger partial charge in [-0.1, -0.05) is 46.3 Å². The van der Waals surface area contributed by atoms with Gasteiger partial charge in [-0.05, 0) is 35.9 Å². The van der Waals surface area contributed by atoms with Crippen molar-refractivity contribution in [2.75, 3.05) is 11.4 Å². The molecule has 2 amide bonds. The van der Waals surface area contributed by atoms with Gasteiger partial charge in [-0.3, -0.25) is 19.4 Å². The van der Waals surface area contributed by atoms with Crippen molar-refractivity contribution in [3.05, 3.63) is 99.1 Å². The highest BCUT2D eigenvalue weighted by Crippen LogP contribution is 2.27. The Labute approximate surface area is 209 Å². The summed E-state index contributed by atoms with van der Waals surface area (Å²) < 4.78 is 2.27. The molecular weight excluding hydrogens is 510 g/mol. The number of pyridine rings is 1. The maximum absolute atomic E-state index is 13.0. The molecule has 0 spiro atoms. The van der Waals surface area contributed by atoms with Gasteiger partial charge in [0.2, 0.25) is 11.8 Å². The summed E-state index contributed by atoms with van der Waals surface area (Å²) in [5.74, 6) is -0.766. The first-order chi connectivity index (χ1) is 17.0. The smallest absolute Gasteiger partial charge is 0.274 e. The largest absolute Gasteiger partial charge is 0.350 e. The van der Waals surface area contributed by atoms with Gasteiger partial charge in [-0.15, -0.1) is 0 Å². The van der Waals surface area contributed by atoms with Crippen LogP contribution in [-0.4, -0.2) is 33.1 Å². The molecule has 1 saturated heterocycles. The lowest BCUT2D eigenvalue weighted by Crippen LogP contribution is -2.34. The van der Waals surface area contributed by atoms with E-state index in [0.29, 0.717) is 23.0 Å². The molecule has 1 atom stereocenters. The first kappa shape index (κ1) is 22.9.